The molecule has 638 valence electrons. The summed E-state index contributed by atoms with van der Waals surface area (Å²) in [6.07, 6.45) is 29.3. The second-order valence-corrected chi connectivity index (χ2v) is 34.3. The number of carbonyl (C=O) groups is 6. The van der Waals surface area contributed by atoms with Crippen molar-refractivity contribution in [1.82, 2.24) is 45.3 Å². The van der Waals surface area contributed by atoms with Gasteiger partial charge in [0.15, 0.2) is 17.1 Å². The van der Waals surface area contributed by atoms with Crippen LogP contribution in [0.3, 0.4) is 0 Å². The molecule has 3 heterocycles. The molecule has 0 spiro atoms. The molecule has 2 bridgehead atoms. The molecule has 3 aromatic heterocycles. The fourth-order valence-corrected chi connectivity index (χ4v) is 20.1. The van der Waals surface area contributed by atoms with Gasteiger partial charge in [-0.25, -0.2) is 36.2 Å². The molecule has 3 N–H and O–H groups in total. The number of hydrogen-bond acceptors (Lipinski definition) is 12. The Hall–Kier alpha value is -10.3. The Morgan fingerprint density at radius 3 is 1.33 bits per heavy atom. The quantitative estimate of drug-likeness (QED) is 0.0179. The summed E-state index contributed by atoms with van der Waals surface area (Å²) >= 11 is 12.8. The van der Waals surface area contributed by atoms with E-state index in [9.17, 15) is 50.7 Å². The molecule has 7 aliphatic rings. The summed E-state index contributed by atoms with van der Waals surface area (Å²) in [6.45, 7) is 2.16. The minimum Gasteiger partial charge on any atom is -0.467 e. The van der Waals surface area contributed by atoms with Gasteiger partial charge in [-0.3, -0.25) is 28.5 Å². The zero-order valence-corrected chi connectivity index (χ0v) is 70.3. The Kier molecular flexibility index (Phi) is 29.2. The van der Waals surface area contributed by atoms with E-state index in [0.717, 1.165) is 167 Å². The van der Waals surface area contributed by atoms with Gasteiger partial charge in [-0.15, -0.1) is 0 Å². The molecule has 0 saturated heterocycles. The summed E-state index contributed by atoms with van der Waals surface area (Å²) in [7, 11) is 2.53. The maximum absolute atomic E-state index is 14.1. The summed E-state index contributed by atoms with van der Waals surface area (Å²) in [5, 5.41) is 24.6. The molecule has 9 aromatic rings. The molecule has 0 aliphatic heterocycles. The lowest BCUT2D eigenvalue weighted by Gasteiger charge is -2.27. The zero-order chi connectivity index (χ0) is 84.8. The molecule has 9 atom stereocenters. The molecule has 3 amide bonds. The molecule has 25 heteroatoms. The first-order chi connectivity index (χ1) is 58.7. The third-order valence-electron chi connectivity index (χ3n) is 25.3. The van der Waals surface area contributed by atoms with Gasteiger partial charge in [0.1, 0.15) is 41.2 Å². The molecule has 3 saturated carbocycles. The third kappa shape index (κ3) is 21.1. The Morgan fingerprint density at radius 1 is 0.455 bits per heavy atom. The predicted molar refractivity (Wildman–Crippen MR) is 452 cm³/mol. The van der Waals surface area contributed by atoms with Crippen LogP contribution in [-0.4, -0.2) is 104 Å². The van der Waals surface area contributed by atoms with E-state index in [-0.39, 0.29) is 101 Å². The van der Waals surface area contributed by atoms with Gasteiger partial charge in [-0.2, -0.15) is 15.3 Å². The summed E-state index contributed by atoms with van der Waals surface area (Å²) in [5.74, 6) is -3.88. The molecule has 16 rings (SSSR count). The van der Waals surface area contributed by atoms with Gasteiger partial charge < -0.3 is 30.2 Å². The van der Waals surface area contributed by atoms with Crippen LogP contribution in [0.15, 0.2) is 152 Å². The first-order valence-electron chi connectivity index (χ1n) is 43.1. The number of hydrogen-bond donors (Lipinski definition) is 3. The highest BCUT2D eigenvalue weighted by Crippen LogP contribution is 2.47. The van der Waals surface area contributed by atoms with E-state index in [1.807, 2.05) is 19.1 Å². The Bertz CT molecular complexity index is 5180. The van der Waals surface area contributed by atoms with Gasteiger partial charge in [0.05, 0.1) is 55.2 Å². The van der Waals surface area contributed by atoms with Crippen molar-refractivity contribution in [2.45, 2.75) is 235 Å². The number of carbonyl (C=O) groups excluding carboxylic acids is 6. The van der Waals surface area contributed by atoms with Gasteiger partial charge in [0.2, 0.25) is 0 Å². The topological polar surface area (TPSA) is 220 Å². The van der Waals surface area contributed by atoms with E-state index in [1.54, 1.807) is 83.5 Å². The van der Waals surface area contributed by atoms with Crippen LogP contribution in [0.5, 0.6) is 0 Å². The smallest absolute Gasteiger partial charge is 0.328 e. The highest BCUT2D eigenvalue weighted by Gasteiger charge is 2.50. The van der Waals surface area contributed by atoms with E-state index in [1.165, 1.54) is 94.1 Å². The van der Waals surface area contributed by atoms with Crippen molar-refractivity contribution >= 4 is 58.8 Å². The van der Waals surface area contributed by atoms with Crippen molar-refractivity contribution in [3.8, 4) is 5.69 Å². The van der Waals surface area contributed by atoms with E-state index in [4.69, 9.17) is 52.7 Å². The molecule has 0 radical (unpaired) electrons. The first-order valence-corrected chi connectivity index (χ1v) is 43.9. The number of fused-ring (bicyclic) bond motifs is 5. The second kappa shape index (κ2) is 40.6. The minimum atomic E-state index is -1.02. The summed E-state index contributed by atoms with van der Waals surface area (Å²) in [5.41, 5.74) is 11.8. The fourth-order valence-electron chi connectivity index (χ4n) is 19.6. The van der Waals surface area contributed by atoms with Crippen molar-refractivity contribution in [2.75, 3.05) is 20.8 Å². The number of nitrogens with one attached hydrogen (secondary N) is 3. The SMILES string of the molecule is CCOC(=O)[C@H]1C2C=CC(C2)[C@H]1NC(=O)c1nn(C2CCCCC2)c2c1CCCCC2Cc1cccc(F)c1.COC(=O)[C@H](Cc1ccc(F)cc1)NC(=O)c1nn(-c2ccc(Cl)cc2Cl)c2c1CCCCC2Cc1ccc(F)cc1.COC(=O)[C@H](Cc1ccc(F)cc1)NC(=O)c1nn(C2CCCCC2)c2c1CCCCC2Cc1cccc(F)c1. The molecule has 7 aliphatic carbocycles. The number of allylic oxidation sites excluding steroid dienone is 1. The number of rotatable bonds is 23. The van der Waals surface area contributed by atoms with Crippen LogP contribution in [0.25, 0.3) is 5.69 Å². The van der Waals surface area contributed by atoms with E-state index < -0.39 is 41.7 Å². The number of halogens is 7. The third-order valence-corrected chi connectivity index (χ3v) is 25.9. The maximum Gasteiger partial charge on any atom is 0.328 e. The van der Waals surface area contributed by atoms with Crippen molar-refractivity contribution in [3.05, 3.63) is 269 Å². The number of benzene rings is 6. The van der Waals surface area contributed by atoms with Crippen LogP contribution in [-0.2, 0) is 80.0 Å². The largest absolute Gasteiger partial charge is 0.467 e. The molecule has 3 fully saturated rings. The van der Waals surface area contributed by atoms with Crippen molar-refractivity contribution in [1.29, 1.82) is 0 Å². The second-order valence-electron chi connectivity index (χ2n) is 33.4. The number of esters is 3. The lowest BCUT2D eigenvalue weighted by molar-refractivity contribution is -0.149. The summed E-state index contributed by atoms with van der Waals surface area (Å²) in [6, 6.07) is 35.0. The molecule has 121 heavy (non-hydrogen) atoms. The Labute approximate surface area is 713 Å². The van der Waals surface area contributed by atoms with Crippen molar-refractivity contribution in [2.24, 2.45) is 17.8 Å². The van der Waals surface area contributed by atoms with Gasteiger partial charge in [0, 0.05) is 69.7 Å². The number of amides is 3. The molecular formula is C96H106Cl2F5N9O9. The van der Waals surface area contributed by atoms with Crippen LogP contribution >= 0.6 is 23.2 Å². The van der Waals surface area contributed by atoms with Gasteiger partial charge in [-0.1, -0.05) is 154 Å². The monoisotopic (exact) mass is 1690 g/mol. The van der Waals surface area contributed by atoms with Crippen LogP contribution in [0.1, 0.15) is 258 Å². The lowest BCUT2D eigenvalue weighted by atomic mass is 9.88. The highest BCUT2D eigenvalue weighted by atomic mass is 35.5. The Balaban J connectivity index is 0.000000148. The summed E-state index contributed by atoms with van der Waals surface area (Å²) in [4.78, 5) is 79.8. The van der Waals surface area contributed by atoms with E-state index in [2.05, 4.69) is 37.5 Å². The molecular weight excluding hydrogens is 1590 g/mol. The molecule has 18 nitrogen and oxygen atoms in total. The fraction of sp³-hybridized carbons (Fsp3) is 0.448. The average Bonchev–Trinajstić information content (AvgIpc) is 1.62. The van der Waals surface area contributed by atoms with Crippen LogP contribution in [0, 0.1) is 46.8 Å². The maximum atomic E-state index is 14.1. The Morgan fingerprint density at radius 2 is 0.876 bits per heavy atom. The lowest BCUT2D eigenvalue weighted by Crippen LogP contribution is -2.46. The number of aromatic nitrogens is 6. The van der Waals surface area contributed by atoms with E-state index in [0.29, 0.717) is 70.2 Å². The number of nitrogens with zero attached hydrogens (tertiary/aromatic N) is 6. The predicted octanol–water partition coefficient (Wildman–Crippen LogP) is 19.3. The minimum absolute atomic E-state index is 0.0376. The van der Waals surface area contributed by atoms with E-state index >= 15 is 0 Å². The van der Waals surface area contributed by atoms with Crippen LogP contribution in [0.2, 0.25) is 10.0 Å². The van der Waals surface area contributed by atoms with Crippen molar-refractivity contribution in [3.63, 3.8) is 0 Å². The first kappa shape index (κ1) is 87.1. The van der Waals surface area contributed by atoms with Gasteiger partial charge in [-0.05, 0) is 235 Å². The summed E-state index contributed by atoms with van der Waals surface area (Å²) < 4.78 is 90.0. The molecule has 5 unspecified atom stereocenters. The van der Waals surface area contributed by atoms with Gasteiger partial charge in [0.25, 0.3) is 17.7 Å². The van der Waals surface area contributed by atoms with Crippen LogP contribution < -0.4 is 16.0 Å². The normalized spacial score (nSPS) is 20.5. The standard InChI is InChI=1S/C32H29Cl2F2N3O3.C32H37F2N3O3.C32H40FN3O3/c1-42-32(41)27(17-20-8-13-24(36)14-9-20)37-31(40)29-25-5-3-2-4-21(16-19-6-11-23(35)12-7-19)30(25)39(38-29)28-15-10-22(33)18-26(28)34;1-40-32(39)28(20-21-14-16-24(33)17-15-21)35-31(38)29-27-13-6-5-9-23(18-22-8-7-10-25(34)19-22)30(27)37(36-29)26-11-3-2-4-12-26;1-2-39-32(38)27-21-15-16-22(19-21)28(27)34-31(37)29-26-14-7-6-10-23(17-20-9-8-11-24(33)18-20)30(26)36(35-29)25-12-4-3-5-13-25/h6-15,18,21,27H,2-5,16-17H2,1H3,(H,37,40);7-8,10,14-17,19,23,26,28H,2-6,9,11-13,18,20H2,1H3,(H,35,38);8-9,11,15-16,18,21-23,25,27-28H,2-7,10,12-14,17,19H2,1H3,(H,34,37)/t21?,27-;23?,28-;21?,22?,23?,27-,28+/m000/s1. The number of methoxy groups -OCH3 is 2. The highest BCUT2D eigenvalue weighted by molar-refractivity contribution is 6.35. The zero-order valence-electron chi connectivity index (χ0n) is 68.8. The van der Waals surface area contributed by atoms with Crippen LogP contribution in [0.4, 0.5) is 22.0 Å². The molecule has 6 aromatic carbocycles. The van der Waals surface area contributed by atoms with Crippen molar-refractivity contribution < 1.29 is 64.9 Å². The number of ether oxygens (including phenoxy) is 3. The average molecular weight is 1700 g/mol. The van der Waals surface area contributed by atoms with Gasteiger partial charge >= 0.3 is 17.9 Å².